The summed E-state index contributed by atoms with van der Waals surface area (Å²) in [6.45, 7) is 0. The molecule has 0 aromatic carbocycles. The van der Waals surface area contributed by atoms with Crippen LogP contribution in [0.5, 0.6) is 0 Å². The largest absolute Gasteiger partial charge is 0.450 e. The van der Waals surface area contributed by atoms with Crippen LogP contribution in [0.2, 0.25) is 5.02 Å². The topological polar surface area (TPSA) is 17.3 Å². The van der Waals surface area contributed by atoms with Gasteiger partial charge in [-0.25, -0.2) is 4.98 Å². The monoisotopic (exact) mass is 220 g/mol. The number of halogens is 4. The Hall–Kier alpha value is -1.23. The van der Waals surface area contributed by atoms with Crippen LogP contribution in [-0.4, -0.2) is 9.38 Å². The van der Waals surface area contributed by atoms with Gasteiger partial charge in [0.25, 0.3) is 0 Å². The van der Waals surface area contributed by atoms with Gasteiger partial charge in [-0.2, -0.15) is 13.2 Å². The zero-order valence-electron chi connectivity index (χ0n) is 6.72. The summed E-state index contributed by atoms with van der Waals surface area (Å²) in [6, 6.07) is 2.80. The van der Waals surface area contributed by atoms with Crippen LogP contribution in [0.1, 0.15) is 5.82 Å². The van der Waals surface area contributed by atoms with Gasteiger partial charge in [0.15, 0.2) is 0 Å². The molecule has 0 unspecified atom stereocenters. The van der Waals surface area contributed by atoms with Gasteiger partial charge in [0.05, 0.1) is 11.7 Å². The Bertz CT molecular complexity index is 475. The summed E-state index contributed by atoms with van der Waals surface area (Å²) in [4.78, 5) is 3.29. The molecule has 0 aliphatic heterocycles. The molecule has 0 amide bonds. The quantitative estimate of drug-likeness (QED) is 0.667. The molecule has 0 aliphatic rings. The Morgan fingerprint density at radius 1 is 1.36 bits per heavy atom. The number of rotatable bonds is 0. The highest BCUT2D eigenvalue weighted by atomic mass is 35.5. The van der Waals surface area contributed by atoms with Crippen molar-refractivity contribution in [2.24, 2.45) is 0 Å². The third kappa shape index (κ3) is 1.43. The van der Waals surface area contributed by atoms with Crippen molar-refractivity contribution in [1.29, 1.82) is 0 Å². The molecular weight excluding hydrogens is 217 g/mol. The van der Waals surface area contributed by atoms with E-state index < -0.39 is 12.0 Å². The van der Waals surface area contributed by atoms with E-state index in [-0.39, 0.29) is 0 Å². The molecule has 2 heterocycles. The number of fused-ring (bicyclic) bond motifs is 1. The molecule has 2 aromatic heterocycles. The van der Waals surface area contributed by atoms with Crippen LogP contribution in [-0.2, 0) is 6.18 Å². The smallest absolute Gasteiger partial charge is 0.296 e. The third-order valence-corrected chi connectivity index (χ3v) is 1.98. The molecule has 0 fully saturated rings. The van der Waals surface area contributed by atoms with Gasteiger partial charge in [-0.15, -0.1) is 0 Å². The standard InChI is InChI=1S/C8H4ClF3N2/c9-5-1-2-14-6(3-5)4-13-7(14)8(10,11)12/h1-4H. The Labute approximate surface area is 81.9 Å². The van der Waals surface area contributed by atoms with E-state index in [4.69, 9.17) is 11.6 Å². The molecule has 2 nitrogen and oxygen atoms in total. The van der Waals surface area contributed by atoms with Crippen molar-refractivity contribution in [3.63, 3.8) is 0 Å². The van der Waals surface area contributed by atoms with Gasteiger partial charge < -0.3 is 0 Å². The van der Waals surface area contributed by atoms with Gasteiger partial charge >= 0.3 is 6.18 Å². The minimum Gasteiger partial charge on any atom is -0.296 e. The minimum atomic E-state index is -4.44. The number of hydrogen-bond acceptors (Lipinski definition) is 1. The van der Waals surface area contributed by atoms with Crippen molar-refractivity contribution >= 4 is 17.1 Å². The Balaban J connectivity index is 2.70. The van der Waals surface area contributed by atoms with Gasteiger partial charge in [0.1, 0.15) is 0 Å². The first-order valence-corrected chi connectivity index (χ1v) is 4.06. The number of pyridine rings is 1. The van der Waals surface area contributed by atoms with Crippen LogP contribution in [0.15, 0.2) is 24.5 Å². The molecule has 0 bridgehead atoms. The van der Waals surface area contributed by atoms with Crippen molar-refractivity contribution in [2.45, 2.75) is 6.18 Å². The Morgan fingerprint density at radius 3 is 2.71 bits per heavy atom. The second-order valence-corrected chi connectivity index (χ2v) is 3.16. The molecule has 0 saturated heterocycles. The average molecular weight is 221 g/mol. The average Bonchev–Trinajstić information content (AvgIpc) is 2.45. The molecule has 0 atom stereocenters. The van der Waals surface area contributed by atoms with Crippen LogP contribution in [0.4, 0.5) is 13.2 Å². The number of nitrogens with zero attached hydrogens (tertiary/aromatic N) is 2. The van der Waals surface area contributed by atoms with Gasteiger partial charge in [0.2, 0.25) is 5.82 Å². The Morgan fingerprint density at radius 2 is 2.07 bits per heavy atom. The summed E-state index contributed by atoms with van der Waals surface area (Å²) < 4.78 is 38.0. The maximum absolute atomic E-state index is 12.3. The van der Waals surface area contributed by atoms with Crippen molar-refractivity contribution < 1.29 is 13.2 Å². The molecule has 0 N–H and O–H groups in total. The third-order valence-electron chi connectivity index (χ3n) is 1.75. The van der Waals surface area contributed by atoms with Crippen molar-refractivity contribution in [3.05, 3.63) is 35.4 Å². The SMILES string of the molecule is FC(F)(F)c1ncc2cc(Cl)ccn12. The van der Waals surface area contributed by atoms with E-state index in [2.05, 4.69) is 4.98 Å². The molecule has 6 heteroatoms. The van der Waals surface area contributed by atoms with E-state index in [1.54, 1.807) is 0 Å². The second kappa shape index (κ2) is 2.88. The summed E-state index contributed by atoms with van der Waals surface area (Å²) >= 11 is 5.62. The molecule has 14 heavy (non-hydrogen) atoms. The lowest BCUT2D eigenvalue weighted by atomic mass is 10.4. The lowest BCUT2D eigenvalue weighted by Gasteiger charge is -2.04. The lowest BCUT2D eigenvalue weighted by Crippen LogP contribution is -2.10. The molecule has 2 aromatic rings. The number of aromatic nitrogens is 2. The van der Waals surface area contributed by atoms with Gasteiger partial charge in [-0.1, -0.05) is 11.6 Å². The number of imidazole rings is 1. The summed E-state index contributed by atoms with van der Waals surface area (Å²) in [5, 5.41) is 0.381. The highest BCUT2D eigenvalue weighted by molar-refractivity contribution is 6.30. The molecule has 74 valence electrons. The normalized spacial score (nSPS) is 12.3. The van der Waals surface area contributed by atoms with Crippen molar-refractivity contribution in [2.75, 3.05) is 0 Å². The molecular formula is C8H4ClF3N2. The maximum atomic E-state index is 12.3. The fourth-order valence-electron chi connectivity index (χ4n) is 1.18. The van der Waals surface area contributed by atoms with Crippen molar-refractivity contribution in [3.8, 4) is 0 Å². The zero-order valence-corrected chi connectivity index (χ0v) is 7.47. The van der Waals surface area contributed by atoms with Gasteiger partial charge in [0, 0.05) is 11.2 Å². The predicted octanol–water partition coefficient (Wildman–Crippen LogP) is 3.01. The summed E-state index contributed by atoms with van der Waals surface area (Å²) in [7, 11) is 0. The number of alkyl halides is 3. The first kappa shape index (κ1) is 9.33. The Kier molecular flexibility index (Phi) is 1.92. The van der Waals surface area contributed by atoms with E-state index in [0.717, 1.165) is 10.6 Å². The highest BCUT2D eigenvalue weighted by Gasteiger charge is 2.35. The number of hydrogen-bond donors (Lipinski definition) is 0. The highest BCUT2D eigenvalue weighted by Crippen LogP contribution is 2.29. The van der Waals surface area contributed by atoms with Crippen LogP contribution in [0.3, 0.4) is 0 Å². The summed E-state index contributed by atoms with van der Waals surface area (Å²) in [5.74, 6) is -0.941. The molecule has 0 spiro atoms. The minimum absolute atomic E-state index is 0.324. The van der Waals surface area contributed by atoms with Crippen LogP contribution in [0.25, 0.3) is 5.52 Å². The molecule has 0 saturated carbocycles. The van der Waals surface area contributed by atoms with Gasteiger partial charge in [-0.05, 0) is 12.1 Å². The maximum Gasteiger partial charge on any atom is 0.450 e. The van der Waals surface area contributed by atoms with Crippen LogP contribution in [0, 0.1) is 0 Å². The first-order valence-electron chi connectivity index (χ1n) is 3.68. The summed E-state index contributed by atoms with van der Waals surface area (Å²) in [5.41, 5.74) is 0.324. The molecule has 0 radical (unpaired) electrons. The van der Waals surface area contributed by atoms with E-state index >= 15 is 0 Å². The molecule has 2 rings (SSSR count). The van der Waals surface area contributed by atoms with Crippen LogP contribution < -0.4 is 0 Å². The summed E-state index contributed by atoms with van der Waals surface area (Å²) in [6.07, 6.45) is -2.07. The predicted molar refractivity (Wildman–Crippen MR) is 45.2 cm³/mol. The van der Waals surface area contributed by atoms with E-state index in [1.807, 2.05) is 0 Å². The second-order valence-electron chi connectivity index (χ2n) is 2.72. The van der Waals surface area contributed by atoms with E-state index in [1.165, 1.54) is 18.3 Å². The van der Waals surface area contributed by atoms with Gasteiger partial charge in [-0.3, -0.25) is 4.40 Å². The zero-order chi connectivity index (χ0) is 10.3. The fourth-order valence-corrected chi connectivity index (χ4v) is 1.35. The van der Waals surface area contributed by atoms with Crippen LogP contribution >= 0.6 is 11.6 Å². The molecule has 0 aliphatic carbocycles. The van der Waals surface area contributed by atoms with E-state index in [9.17, 15) is 13.2 Å². The van der Waals surface area contributed by atoms with E-state index in [0.29, 0.717) is 10.5 Å². The first-order chi connectivity index (χ1) is 6.48. The lowest BCUT2D eigenvalue weighted by molar-refractivity contribution is -0.145. The fraction of sp³-hybridized carbons (Fsp3) is 0.125. The van der Waals surface area contributed by atoms with Crippen molar-refractivity contribution in [1.82, 2.24) is 9.38 Å².